The van der Waals surface area contributed by atoms with Crippen LogP contribution in [0.4, 0.5) is 5.82 Å². The molecule has 0 radical (unpaired) electrons. The molecule has 0 bridgehead atoms. The summed E-state index contributed by atoms with van der Waals surface area (Å²) in [4.78, 5) is 9.67. The molecule has 4 N–H and O–H groups in total. The van der Waals surface area contributed by atoms with Gasteiger partial charge in [-0.3, -0.25) is 0 Å². The van der Waals surface area contributed by atoms with Gasteiger partial charge in [0.05, 0.1) is 17.6 Å². The van der Waals surface area contributed by atoms with Gasteiger partial charge in [0.15, 0.2) is 5.82 Å². The number of hydrogen-bond acceptors (Lipinski definition) is 6. The summed E-state index contributed by atoms with van der Waals surface area (Å²) < 4.78 is 8.02. The normalized spacial score (nSPS) is 11.3. The van der Waals surface area contributed by atoms with Crippen LogP contribution in [0.15, 0.2) is 36.4 Å². The van der Waals surface area contributed by atoms with Crippen molar-refractivity contribution in [1.82, 2.24) is 14.5 Å². The number of ether oxygens (including phenoxy) is 1. The summed E-state index contributed by atoms with van der Waals surface area (Å²) in [5, 5.41) is 21.5. The lowest BCUT2D eigenvalue weighted by molar-refractivity contribution is 0.115. The van der Waals surface area contributed by atoms with Gasteiger partial charge in [0.1, 0.15) is 22.8 Å². The van der Waals surface area contributed by atoms with Gasteiger partial charge in [0.25, 0.3) is 0 Å². The molecule has 0 amide bonds. The molecule has 4 rings (SSSR count). The smallest absolute Gasteiger partial charge is 0.152 e. The van der Waals surface area contributed by atoms with Crippen molar-refractivity contribution < 1.29 is 14.9 Å². The Morgan fingerprint density at radius 2 is 1.58 bits per heavy atom. The van der Waals surface area contributed by atoms with Crippen molar-refractivity contribution in [3.63, 3.8) is 0 Å². The minimum atomic E-state index is -0.0791. The van der Waals surface area contributed by atoms with Crippen LogP contribution in [-0.2, 0) is 23.1 Å². The number of benzene rings is 2. The van der Waals surface area contributed by atoms with E-state index in [1.54, 1.807) is 6.07 Å². The lowest BCUT2D eigenvalue weighted by Crippen LogP contribution is -2.20. The largest absolute Gasteiger partial charge is 0.508 e. The molecule has 0 fully saturated rings. The Morgan fingerprint density at radius 3 is 2.26 bits per heavy atom. The molecule has 43 heavy (non-hydrogen) atoms. The molecule has 0 aliphatic rings. The number of imidazole rings is 1. The molecule has 2 heterocycles. The number of unbranched alkanes of at least 4 members (excludes halogenated alkanes) is 3. The van der Waals surface area contributed by atoms with Gasteiger partial charge in [-0.2, -0.15) is 0 Å². The second-order valence-electron chi connectivity index (χ2n) is 11.6. The van der Waals surface area contributed by atoms with Crippen LogP contribution < -0.4 is 5.73 Å². The molecule has 2 aromatic carbocycles. The summed E-state index contributed by atoms with van der Waals surface area (Å²) in [6.07, 6.45) is 8.49. The van der Waals surface area contributed by atoms with Gasteiger partial charge in [-0.1, -0.05) is 93.2 Å². The van der Waals surface area contributed by atoms with E-state index >= 15 is 0 Å². The summed E-state index contributed by atoms with van der Waals surface area (Å²) in [6.45, 7) is 19.0. The van der Waals surface area contributed by atoms with E-state index in [2.05, 4.69) is 64.3 Å². The number of nitrogens with two attached hydrogens (primary N) is 1. The number of aryl methyl sites for hydroxylation is 1. The molecule has 0 aliphatic carbocycles. The molecule has 7 heteroatoms. The Bertz CT molecular complexity index is 1410. The molecular formula is C36H56N4O3. The summed E-state index contributed by atoms with van der Waals surface area (Å²) >= 11 is 0. The number of nitrogen functional groups attached to an aromatic ring is 1. The second kappa shape index (κ2) is 17.7. The molecule has 4 aromatic rings. The number of phenolic OH excluding ortho intramolecular Hbond substituents is 2. The van der Waals surface area contributed by atoms with Gasteiger partial charge in [-0.05, 0) is 54.5 Å². The van der Waals surface area contributed by atoms with E-state index in [0.717, 1.165) is 67.6 Å². The standard InChI is InChI=1S/C31H42N4O3.C3H8.C2H6/c1-5-7-9-16-38-17-15-31(3,4)22-11-13-24-25(19-22)33-30(32)28-29(24)35(27(34-28)10-8-6-2)20-21-18-23(36)12-14-26(21)37;1-3-2;1-2/h11-14,18-19,36-37H,5-10,15-17,20H2,1-4H3,(H2,32,33);3H2,1-2H3;1-2H3. The van der Waals surface area contributed by atoms with Crippen LogP contribution in [0.5, 0.6) is 11.5 Å². The number of pyridine rings is 1. The van der Waals surface area contributed by atoms with Gasteiger partial charge in [-0.15, -0.1) is 0 Å². The van der Waals surface area contributed by atoms with Crippen molar-refractivity contribution >= 4 is 27.8 Å². The van der Waals surface area contributed by atoms with Crippen LogP contribution in [0.2, 0.25) is 0 Å². The maximum atomic E-state index is 10.5. The number of rotatable bonds is 13. The maximum Gasteiger partial charge on any atom is 0.152 e. The van der Waals surface area contributed by atoms with Crippen molar-refractivity contribution in [3.8, 4) is 11.5 Å². The van der Waals surface area contributed by atoms with Crippen molar-refractivity contribution in [1.29, 1.82) is 0 Å². The SMILES string of the molecule is CC.CCC.CCCCCOCCC(C)(C)c1ccc2c(c1)nc(N)c1nc(CCCC)n(Cc3cc(O)ccc3O)c12. The first-order valence-corrected chi connectivity index (χ1v) is 16.3. The molecule has 7 nitrogen and oxygen atoms in total. The zero-order valence-electron chi connectivity index (χ0n) is 28.0. The average molecular weight is 593 g/mol. The molecule has 2 aromatic heterocycles. The predicted octanol–water partition coefficient (Wildman–Crippen LogP) is 9.29. The van der Waals surface area contributed by atoms with E-state index in [-0.39, 0.29) is 16.9 Å². The number of nitrogens with zero attached hydrogens (tertiary/aromatic N) is 3. The van der Waals surface area contributed by atoms with Crippen molar-refractivity contribution in [3.05, 3.63) is 53.3 Å². The Hall–Kier alpha value is -3.32. The third-order valence-corrected chi connectivity index (χ3v) is 7.47. The molecule has 0 spiro atoms. The van der Waals surface area contributed by atoms with E-state index in [9.17, 15) is 10.2 Å². The number of aromatic nitrogens is 3. The zero-order chi connectivity index (χ0) is 32.0. The Kier molecular flexibility index (Phi) is 14.8. The minimum Gasteiger partial charge on any atom is -0.508 e. The highest BCUT2D eigenvalue weighted by Gasteiger charge is 2.23. The molecule has 0 unspecified atom stereocenters. The summed E-state index contributed by atoms with van der Waals surface area (Å²) in [5.41, 5.74) is 10.6. The minimum absolute atomic E-state index is 0.0791. The highest BCUT2D eigenvalue weighted by molar-refractivity contribution is 6.06. The maximum absolute atomic E-state index is 10.5. The van der Waals surface area contributed by atoms with Crippen molar-refractivity contribution in [2.24, 2.45) is 0 Å². The number of fused-ring (bicyclic) bond motifs is 3. The lowest BCUT2D eigenvalue weighted by atomic mass is 9.81. The van der Waals surface area contributed by atoms with Gasteiger partial charge in [0.2, 0.25) is 0 Å². The summed E-state index contributed by atoms with van der Waals surface area (Å²) in [7, 11) is 0. The number of hydrogen-bond donors (Lipinski definition) is 3. The first-order valence-electron chi connectivity index (χ1n) is 16.3. The summed E-state index contributed by atoms with van der Waals surface area (Å²) in [5.74, 6) is 1.55. The zero-order valence-corrected chi connectivity index (χ0v) is 28.0. The Morgan fingerprint density at radius 1 is 0.884 bits per heavy atom. The number of anilines is 1. The second-order valence-corrected chi connectivity index (χ2v) is 11.6. The molecule has 0 saturated carbocycles. The Labute approximate surface area is 259 Å². The molecule has 0 saturated heterocycles. The highest BCUT2D eigenvalue weighted by atomic mass is 16.5. The van der Waals surface area contributed by atoms with E-state index < -0.39 is 0 Å². The first kappa shape index (κ1) is 35.9. The summed E-state index contributed by atoms with van der Waals surface area (Å²) in [6, 6.07) is 11.0. The van der Waals surface area contributed by atoms with E-state index in [0.29, 0.717) is 23.4 Å². The molecule has 0 atom stereocenters. The van der Waals surface area contributed by atoms with Crippen LogP contribution in [-0.4, -0.2) is 38.0 Å². The van der Waals surface area contributed by atoms with Gasteiger partial charge < -0.3 is 25.3 Å². The van der Waals surface area contributed by atoms with Crippen molar-refractivity contribution in [2.75, 3.05) is 18.9 Å². The van der Waals surface area contributed by atoms with Crippen LogP contribution in [0.1, 0.15) is 117 Å². The van der Waals surface area contributed by atoms with Gasteiger partial charge in [-0.25, -0.2) is 9.97 Å². The van der Waals surface area contributed by atoms with E-state index in [4.69, 9.17) is 20.4 Å². The predicted molar refractivity (Wildman–Crippen MR) is 182 cm³/mol. The quantitative estimate of drug-likeness (QED) is 0.105. The average Bonchev–Trinajstić information content (AvgIpc) is 3.35. The molecule has 238 valence electrons. The van der Waals surface area contributed by atoms with Crippen LogP contribution >= 0.6 is 0 Å². The fourth-order valence-corrected chi connectivity index (χ4v) is 4.97. The topological polar surface area (TPSA) is 106 Å². The third kappa shape index (κ3) is 9.59. The fourth-order valence-electron chi connectivity index (χ4n) is 4.97. The van der Waals surface area contributed by atoms with Gasteiger partial charge >= 0.3 is 0 Å². The Balaban J connectivity index is 0.00000121. The van der Waals surface area contributed by atoms with E-state index in [1.807, 2.05) is 13.8 Å². The van der Waals surface area contributed by atoms with Crippen LogP contribution in [0.25, 0.3) is 21.9 Å². The highest BCUT2D eigenvalue weighted by Crippen LogP contribution is 2.35. The molecular weight excluding hydrogens is 536 g/mol. The van der Waals surface area contributed by atoms with Crippen molar-refractivity contribution in [2.45, 2.75) is 119 Å². The fraction of sp³-hybridized carbons (Fsp3) is 0.556. The lowest BCUT2D eigenvalue weighted by Gasteiger charge is -2.25. The third-order valence-electron chi connectivity index (χ3n) is 7.47. The van der Waals surface area contributed by atoms with Gasteiger partial charge in [0, 0.05) is 30.6 Å². The first-order chi connectivity index (χ1) is 20.7. The number of phenols is 2. The molecule has 0 aliphatic heterocycles. The van der Waals surface area contributed by atoms with Crippen LogP contribution in [0.3, 0.4) is 0 Å². The van der Waals surface area contributed by atoms with E-state index in [1.165, 1.54) is 37.0 Å². The monoisotopic (exact) mass is 592 g/mol. The number of aromatic hydroxyl groups is 2. The van der Waals surface area contributed by atoms with Crippen LogP contribution in [0, 0.1) is 0 Å².